The molecule has 2 aromatic carbocycles. The number of anilines is 2. The third kappa shape index (κ3) is 2.97. The number of benzene rings is 2. The number of para-hydroxylation sites is 2. The van der Waals surface area contributed by atoms with Crippen LogP contribution in [0, 0.1) is 6.92 Å². The third-order valence-corrected chi connectivity index (χ3v) is 4.55. The lowest BCUT2D eigenvalue weighted by molar-refractivity contribution is 0.0998. The number of carbonyl (C=O) groups is 2. The van der Waals surface area contributed by atoms with E-state index in [9.17, 15) is 9.59 Å². The van der Waals surface area contributed by atoms with Crippen LogP contribution in [0.1, 0.15) is 16.1 Å². The maximum atomic E-state index is 12.8. The Bertz CT molecular complexity index is 1040. The molecule has 0 aliphatic carbocycles. The molecule has 1 N–H and O–H groups in total. The Labute approximate surface area is 155 Å². The molecule has 0 atom stereocenters. The summed E-state index contributed by atoms with van der Waals surface area (Å²) in [6, 6.07) is 12.5. The number of aryl methyl sites for hydroxylation is 1. The summed E-state index contributed by atoms with van der Waals surface area (Å²) in [5.41, 5.74) is 2.43. The van der Waals surface area contributed by atoms with Crippen molar-refractivity contribution in [3.05, 3.63) is 53.8 Å². The number of hydrogen-bond donors (Lipinski definition) is 1. The second-order valence-corrected chi connectivity index (χ2v) is 6.16. The van der Waals surface area contributed by atoms with Crippen LogP contribution in [0.2, 0.25) is 0 Å². The average Bonchev–Trinajstić information content (AvgIpc) is 3.25. The van der Waals surface area contributed by atoms with Gasteiger partial charge in [-0.1, -0.05) is 12.1 Å². The number of rotatable bonds is 4. The highest BCUT2D eigenvalue weighted by Gasteiger charge is 2.27. The van der Waals surface area contributed by atoms with E-state index in [1.54, 1.807) is 43.5 Å². The van der Waals surface area contributed by atoms with Crippen molar-refractivity contribution in [3.63, 3.8) is 0 Å². The van der Waals surface area contributed by atoms with E-state index in [4.69, 9.17) is 13.9 Å². The van der Waals surface area contributed by atoms with Crippen LogP contribution in [0.4, 0.5) is 16.2 Å². The Morgan fingerprint density at radius 1 is 1.22 bits per heavy atom. The number of furan rings is 1. The molecule has 3 aromatic rings. The first-order valence-corrected chi connectivity index (χ1v) is 8.50. The SMILES string of the molecule is COc1ccc2oc(C(=O)Nc3ccccc3N3CCOC3=O)c(C)c2c1. The topological polar surface area (TPSA) is 81.0 Å². The summed E-state index contributed by atoms with van der Waals surface area (Å²) in [4.78, 5) is 26.2. The van der Waals surface area contributed by atoms with E-state index in [1.807, 2.05) is 13.0 Å². The van der Waals surface area contributed by atoms with Gasteiger partial charge in [-0.2, -0.15) is 0 Å². The Morgan fingerprint density at radius 2 is 2.04 bits per heavy atom. The highest BCUT2D eigenvalue weighted by molar-refractivity contribution is 6.09. The molecule has 1 aromatic heterocycles. The van der Waals surface area contributed by atoms with E-state index in [0.29, 0.717) is 35.9 Å². The molecular weight excluding hydrogens is 348 g/mol. The Hall–Kier alpha value is -3.48. The molecule has 4 rings (SSSR count). The van der Waals surface area contributed by atoms with Crippen molar-refractivity contribution in [1.82, 2.24) is 0 Å². The maximum absolute atomic E-state index is 12.8. The zero-order valence-electron chi connectivity index (χ0n) is 14.9. The first-order chi connectivity index (χ1) is 13.1. The quantitative estimate of drug-likeness (QED) is 0.756. The lowest BCUT2D eigenvalue weighted by atomic mass is 10.1. The van der Waals surface area contributed by atoms with Crippen molar-refractivity contribution in [2.45, 2.75) is 6.92 Å². The molecule has 2 amide bonds. The van der Waals surface area contributed by atoms with Gasteiger partial charge in [0.2, 0.25) is 0 Å². The van der Waals surface area contributed by atoms with Crippen LogP contribution in [0.3, 0.4) is 0 Å². The standard InChI is InChI=1S/C20H18N2O5/c1-12-14-11-13(25-2)7-8-17(14)27-18(12)19(23)21-15-5-3-4-6-16(15)22-9-10-26-20(22)24/h3-8,11H,9-10H2,1-2H3,(H,21,23). The largest absolute Gasteiger partial charge is 0.497 e. The molecule has 1 aliphatic rings. The monoisotopic (exact) mass is 366 g/mol. The number of methoxy groups -OCH3 is 1. The number of ether oxygens (including phenoxy) is 2. The first kappa shape index (κ1) is 17.0. The first-order valence-electron chi connectivity index (χ1n) is 8.50. The third-order valence-electron chi connectivity index (χ3n) is 4.55. The van der Waals surface area contributed by atoms with Crippen molar-refractivity contribution in [2.24, 2.45) is 0 Å². The van der Waals surface area contributed by atoms with Gasteiger partial charge in [-0.15, -0.1) is 0 Å². The van der Waals surface area contributed by atoms with E-state index in [2.05, 4.69) is 5.32 Å². The molecule has 0 saturated carbocycles. The van der Waals surface area contributed by atoms with E-state index in [-0.39, 0.29) is 11.7 Å². The van der Waals surface area contributed by atoms with Crippen LogP contribution in [0.25, 0.3) is 11.0 Å². The Morgan fingerprint density at radius 3 is 2.78 bits per heavy atom. The van der Waals surface area contributed by atoms with Gasteiger partial charge in [-0.25, -0.2) is 4.79 Å². The van der Waals surface area contributed by atoms with Gasteiger partial charge in [0.05, 0.1) is 25.0 Å². The second-order valence-electron chi connectivity index (χ2n) is 6.16. The molecule has 0 spiro atoms. The molecule has 7 heteroatoms. The van der Waals surface area contributed by atoms with Crippen LogP contribution >= 0.6 is 0 Å². The Kier molecular flexibility index (Phi) is 4.19. The minimum absolute atomic E-state index is 0.219. The van der Waals surface area contributed by atoms with Gasteiger partial charge in [-0.3, -0.25) is 9.69 Å². The number of nitrogens with zero attached hydrogens (tertiary/aromatic N) is 1. The van der Waals surface area contributed by atoms with Crippen LogP contribution in [-0.4, -0.2) is 32.3 Å². The number of nitrogens with one attached hydrogen (secondary N) is 1. The predicted octanol–water partition coefficient (Wildman–Crippen LogP) is 3.96. The normalized spacial score (nSPS) is 13.7. The van der Waals surface area contributed by atoms with Gasteiger partial charge < -0.3 is 19.2 Å². The van der Waals surface area contributed by atoms with Crippen molar-refractivity contribution in [2.75, 3.05) is 30.5 Å². The fourth-order valence-electron chi connectivity index (χ4n) is 3.15. The van der Waals surface area contributed by atoms with Gasteiger partial charge in [0.1, 0.15) is 17.9 Å². The van der Waals surface area contributed by atoms with Crippen LogP contribution in [0.15, 0.2) is 46.9 Å². The number of cyclic esters (lactones) is 1. The van der Waals surface area contributed by atoms with Crippen LogP contribution in [0.5, 0.6) is 5.75 Å². The van der Waals surface area contributed by atoms with Gasteiger partial charge in [0.15, 0.2) is 5.76 Å². The van der Waals surface area contributed by atoms with E-state index < -0.39 is 6.09 Å². The minimum atomic E-state index is -0.427. The molecule has 27 heavy (non-hydrogen) atoms. The number of hydrogen-bond acceptors (Lipinski definition) is 5. The summed E-state index contributed by atoms with van der Waals surface area (Å²) in [5, 5.41) is 3.66. The summed E-state index contributed by atoms with van der Waals surface area (Å²) < 4.78 is 16.0. The smallest absolute Gasteiger partial charge is 0.414 e. The fourth-order valence-corrected chi connectivity index (χ4v) is 3.15. The predicted molar refractivity (Wildman–Crippen MR) is 101 cm³/mol. The molecule has 0 bridgehead atoms. The molecular formula is C20H18N2O5. The van der Waals surface area contributed by atoms with Gasteiger partial charge in [-0.05, 0) is 37.3 Å². The summed E-state index contributed by atoms with van der Waals surface area (Å²) in [6.07, 6.45) is -0.427. The van der Waals surface area contributed by atoms with Crippen molar-refractivity contribution < 1.29 is 23.5 Å². The lowest BCUT2D eigenvalue weighted by Gasteiger charge is -2.17. The van der Waals surface area contributed by atoms with Crippen molar-refractivity contribution in [1.29, 1.82) is 0 Å². The van der Waals surface area contributed by atoms with Gasteiger partial charge >= 0.3 is 6.09 Å². The number of fused-ring (bicyclic) bond motifs is 1. The van der Waals surface area contributed by atoms with Gasteiger partial charge in [0.25, 0.3) is 5.91 Å². The van der Waals surface area contributed by atoms with Crippen molar-refractivity contribution >= 4 is 34.3 Å². The molecule has 1 fully saturated rings. The Balaban J connectivity index is 1.66. The molecule has 2 heterocycles. The van der Waals surface area contributed by atoms with E-state index >= 15 is 0 Å². The number of amides is 2. The zero-order chi connectivity index (χ0) is 19.0. The van der Waals surface area contributed by atoms with E-state index in [1.165, 1.54) is 4.90 Å². The lowest BCUT2D eigenvalue weighted by Crippen LogP contribution is -2.25. The molecule has 138 valence electrons. The summed E-state index contributed by atoms with van der Waals surface area (Å²) in [5.74, 6) is 0.524. The zero-order valence-corrected chi connectivity index (χ0v) is 14.9. The van der Waals surface area contributed by atoms with Crippen molar-refractivity contribution in [3.8, 4) is 5.75 Å². The number of carbonyl (C=O) groups excluding carboxylic acids is 2. The van der Waals surface area contributed by atoms with Gasteiger partial charge in [0, 0.05) is 10.9 Å². The summed E-state index contributed by atoms with van der Waals surface area (Å²) >= 11 is 0. The summed E-state index contributed by atoms with van der Waals surface area (Å²) in [7, 11) is 1.59. The molecule has 1 aliphatic heterocycles. The molecule has 0 unspecified atom stereocenters. The highest BCUT2D eigenvalue weighted by Crippen LogP contribution is 2.31. The summed E-state index contributed by atoms with van der Waals surface area (Å²) in [6.45, 7) is 2.59. The maximum Gasteiger partial charge on any atom is 0.414 e. The highest BCUT2D eigenvalue weighted by atomic mass is 16.6. The fraction of sp³-hybridized carbons (Fsp3) is 0.200. The van der Waals surface area contributed by atoms with E-state index in [0.717, 1.165) is 10.9 Å². The second kappa shape index (κ2) is 6.68. The minimum Gasteiger partial charge on any atom is -0.497 e. The molecule has 7 nitrogen and oxygen atoms in total. The molecule has 1 saturated heterocycles. The van der Waals surface area contributed by atoms with Crippen LogP contribution < -0.4 is 15.0 Å². The molecule has 0 radical (unpaired) electrons. The van der Waals surface area contributed by atoms with Crippen LogP contribution in [-0.2, 0) is 4.74 Å². The average molecular weight is 366 g/mol.